The van der Waals surface area contributed by atoms with Crippen LogP contribution < -0.4 is 5.73 Å². The molecule has 5 nitrogen and oxygen atoms in total. The Labute approximate surface area is 122 Å². The molecule has 0 saturated heterocycles. The molecule has 1 saturated carbocycles. The van der Waals surface area contributed by atoms with Crippen LogP contribution in [0.3, 0.4) is 0 Å². The summed E-state index contributed by atoms with van der Waals surface area (Å²) in [6, 6.07) is 4.34. The first-order valence-electron chi connectivity index (χ1n) is 6.88. The molecule has 1 heterocycles. The Hall–Kier alpha value is -2.37. The van der Waals surface area contributed by atoms with Gasteiger partial charge in [-0.25, -0.2) is 9.37 Å². The number of anilines is 1. The van der Waals surface area contributed by atoms with E-state index in [0.29, 0.717) is 12.1 Å². The molecule has 0 atom stereocenters. The molecule has 0 unspecified atom stereocenters. The third-order valence-corrected chi connectivity index (χ3v) is 3.72. The molecule has 1 aliphatic carbocycles. The van der Waals surface area contributed by atoms with Gasteiger partial charge in [0.2, 0.25) is 0 Å². The van der Waals surface area contributed by atoms with Crippen molar-refractivity contribution in [2.45, 2.75) is 25.4 Å². The van der Waals surface area contributed by atoms with Gasteiger partial charge in [-0.3, -0.25) is 4.79 Å². The Kier molecular flexibility index (Phi) is 3.37. The van der Waals surface area contributed by atoms with Crippen molar-refractivity contribution in [3.8, 4) is 0 Å². The van der Waals surface area contributed by atoms with Crippen LogP contribution in [0.1, 0.15) is 29.0 Å². The normalized spacial score (nSPS) is 14.2. The zero-order valence-electron chi connectivity index (χ0n) is 11.8. The number of carbonyl (C=O) groups is 1. The van der Waals surface area contributed by atoms with Crippen molar-refractivity contribution in [3.63, 3.8) is 0 Å². The highest BCUT2D eigenvalue weighted by atomic mass is 19.1. The number of aromatic nitrogens is 2. The van der Waals surface area contributed by atoms with Crippen molar-refractivity contribution in [2.75, 3.05) is 5.73 Å². The number of aryl methyl sites for hydroxylation is 1. The minimum atomic E-state index is -0.506. The summed E-state index contributed by atoms with van der Waals surface area (Å²) in [5, 5.41) is 0. The van der Waals surface area contributed by atoms with Crippen LogP contribution in [0, 0.1) is 5.82 Å². The van der Waals surface area contributed by atoms with E-state index < -0.39 is 5.82 Å². The fourth-order valence-corrected chi connectivity index (χ4v) is 2.30. The van der Waals surface area contributed by atoms with E-state index in [4.69, 9.17) is 5.73 Å². The zero-order valence-corrected chi connectivity index (χ0v) is 11.8. The van der Waals surface area contributed by atoms with E-state index in [1.165, 1.54) is 18.2 Å². The van der Waals surface area contributed by atoms with Crippen molar-refractivity contribution in [2.24, 2.45) is 7.05 Å². The van der Waals surface area contributed by atoms with E-state index in [2.05, 4.69) is 4.98 Å². The molecule has 1 fully saturated rings. The molecule has 1 aromatic heterocycles. The van der Waals surface area contributed by atoms with Gasteiger partial charge in [0.15, 0.2) is 0 Å². The molecule has 0 radical (unpaired) electrons. The van der Waals surface area contributed by atoms with Crippen molar-refractivity contribution in [1.82, 2.24) is 14.5 Å². The first-order valence-corrected chi connectivity index (χ1v) is 6.88. The highest BCUT2D eigenvalue weighted by Gasteiger charge is 2.33. The molecule has 3 rings (SSSR count). The molecule has 1 amide bonds. The molecule has 6 heteroatoms. The fourth-order valence-electron chi connectivity index (χ4n) is 2.30. The second-order valence-electron chi connectivity index (χ2n) is 5.35. The summed E-state index contributed by atoms with van der Waals surface area (Å²) >= 11 is 0. The van der Waals surface area contributed by atoms with Crippen molar-refractivity contribution < 1.29 is 9.18 Å². The Bertz CT molecular complexity index is 678. The zero-order chi connectivity index (χ0) is 15.0. The predicted octanol–water partition coefficient (Wildman–Crippen LogP) is 1.95. The summed E-state index contributed by atoms with van der Waals surface area (Å²) in [4.78, 5) is 18.7. The lowest BCUT2D eigenvalue weighted by Gasteiger charge is -2.22. The van der Waals surface area contributed by atoms with Crippen molar-refractivity contribution >= 4 is 11.6 Å². The molecule has 2 aromatic rings. The van der Waals surface area contributed by atoms with Gasteiger partial charge < -0.3 is 15.2 Å². The van der Waals surface area contributed by atoms with Crippen molar-refractivity contribution in [1.29, 1.82) is 0 Å². The molecule has 2 N–H and O–H groups in total. The molecule has 0 spiro atoms. The Morgan fingerprint density at radius 3 is 2.86 bits per heavy atom. The SMILES string of the molecule is Cn1ccnc1CN(C(=O)c1ccc(F)c(N)c1)C1CC1. The number of nitrogens with two attached hydrogens (primary N) is 1. The van der Waals surface area contributed by atoms with E-state index in [0.717, 1.165) is 18.7 Å². The van der Waals surface area contributed by atoms with Gasteiger partial charge >= 0.3 is 0 Å². The summed E-state index contributed by atoms with van der Waals surface area (Å²) < 4.78 is 15.1. The van der Waals surface area contributed by atoms with Gasteiger partial charge in [0, 0.05) is 31.0 Å². The van der Waals surface area contributed by atoms with Gasteiger partial charge in [0.05, 0.1) is 12.2 Å². The highest BCUT2D eigenvalue weighted by Crippen LogP contribution is 2.30. The lowest BCUT2D eigenvalue weighted by molar-refractivity contribution is 0.0724. The van der Waals surface area contributed by atoms with E-state index in [-0.39, 0.29) is 17.6 Å². The minimum absolute atomic E-state index is 0.00594. The van der Waals surface area contributed by atoms with Crippen LogP contribution in [-0.2, 0) is 13.6 Å². The summed E-state index contributed by atoms with van der Waals surface area (Å²) in [5.74, 6) is 0.186. The van der Waals surface area contributed by atoms with Gasteiger partial charge in [-0.15, -0.1) is 0 Å². The quantitative estimate of drug-likeness (QED) is 0.875. The number of halogens is 1. The number of carbonyl (C=O) groups excluding carboxylic acids is 1. The molecule has 21 heavy (non-hydrogen) atoms. The van der Waals surface area contributed by atoms with Crippen LogP contribution in [0.25, 0.3) is 0 Å². The molecule has 1 aromatic carbocycles. The Morgan fingerprint density at radius 2 is 2.29 bits per heavy atom. The second-order valence-corrected chi connectivity index (χ2v) is 5.35. The van der Waals surface area contributed by atoms with Crippen LogP contribution in [0.15, 0.2) is 30.6 Å². The van der Waals surface area contributed by atoms with Crippen LogP contribution >= 0.6 is 0 Å². The number of benzene rings is 1. The van der Waals surface area contributed by atoms with Gasteiger partial charge in [-0.05, 0) is 31.0 Å². The Balaban J connectivity index is 1.85. The van der Waals surface area contributed by atoms with E-state index in [1.54, 1.807) is 11.1 Å². The summed E-state index contributed by atoms with van der Waals surface area (Å²) in [5.41, 5.74) is 5.95. The predicted molar refractivity (Wildman–Crippen MR) is 76.9 cm³/mol. The number of hydrogen-bond donors (Lipinski definition) is 1. The molecular formula is C15H17FN4O. The lowest BCUT2D eigenvalue weighted by Crippen LogP contribution is -2.33. The number of imidazole rings is 1. The summed E-state index contributed by atoms with van der Waals surface area (Å²) in [6.45, 7) is 0.449. The van der Waals surface area contributed by atoms with E-state index >= 15 is 0 Å². The van der Waals surface area contributed by atoms with E-state index in [9.17, 15) is 9.18 Å². The number of hydrogen-bond acceptors (Lipinski definition) is 3. The molecule has 0 aliphatic heterocycles. The number of nitrogens with zero attached hydrogens (tertiary/aromatic N) is 3. The number of amides is 1. The standard InChI is InChI=1S/C15H17FN4O/c1-19-7-6-18-14(19)9-20(11-3-4-11)15(21)10-2-5-12(16)13(17)8-10/h2,5-8,11H,3-4,9,17H2,1H3. The van der Waals surface area contributed by atoms with Gasteiger partial charge in [0.1, 0.15) is 11.6 Å². The molecule has 0 bridgehead atoms. The van der Waals surface area contributed by atoms with Gasteiger partial charge in [0.25, 0.3) is 5.91 Å². The number of nitrogen functional groups attached to an aromatic ring is 1. The highest BCUT2D eigenvalue weighted by molar-refractivity contribution is 5.95. The average molecular weight is 288 g/mol. The monoisotopic (exact) mass is 288 g/mol. The first kappa shape index (κ1) is 13.6. The first-order chi connectivity index (χ1) is 10.1. The molecular weight excluding hydrogens is 271 g/mol. The Morgan fingerprint density at radius 1 is 1.52 bits per heavy atom. The third-order valence-electron chi connectivity index (χ3n) is 3.72. The molecule has 110 valence electrons. The minimum Gasteiger partial charge on any atom is -0.396 e. The average Bonchev–Trinajstić information content (AvgIpc) is 3.22. The van der Waals surface area contributed by atoms with Crippen LogP contribution in [0.4, 0.5) is 10.1 Å². The number of rotatable bonds is 4. The third kappa shape index (κ3) is 2.74. The van der Waals surface area contributed by atoms with Crippen LogP contribution in [-0.4, -0.2) is 26.4 Å². The van der Waals surface area contributed by atoms with Crippen molar-refractivity contribution in [3.05, 3.63) is 47.8 Å². The maximum Gasteiger partial charge on any atom is 0.254 e. The lowest BCUT2D eigenvalue weighted by atomic mass is 10.1. The van der Waals surface area contributed by atoms with Crippen LogP contribution in [0.2, 0.25) is 0 Å². The summed E-state index contributed by atoms with van der Waals surface area (Å²) in [6.07, 6.45) is 5.54. The smallest absolute Gasteiger partial charge is 0.254 e. The van der Waals surface area contributed by atoms with Gasteiger partial charge in [-0.1, -0.05) is 0 Å². The molecule has 1 aliphatic rings. The summed E-state index contributed by atoms with van der Waals surface area (Å²) in [7, 11) is 1.90. The topological polar surface area (TPSA) is 64.2 Å². The fraction of sp³-hybridized carbons (Fsp3) is 0.333. The second kappa shape index (κ2) is 5.20. The maximum atomic E-state index is 13.2. The van der Waals surface area contributed by atoms with Gasteiger partial charge in [-0.2, -0.15) is 0 Å². The van der Waals surface area contributed by atoms with E-state index in [1.807, 2.05) is 17.8 Å². The van der Waals surface area contributed by atoms with Crippen LogP contribution in [0.5, 0.6) is 0 Å². The maximum absolute atomic E-state index is 13.2. The largest absolute Gasteiger partial charge is 0.396 e.